The van der Waals surface area contributed by atoms with Crippen LogP contribution in [0.5, 0.6) is 0 Å². The smallest absolute Gasteiger partial charge is 0.326 e. The molecule has 1 aromatic carbocycles. The van der Waals surface area contributed by atoms with E-state index in [4.69, 9.17) is 5.26 Å². The highest BCUT2D eigenvalue weighted by Gasteiger charge is 2.42. The molecular formula is C20H22N4O5. The summed E-state index contributed by atoms with van der Waals surface area (Å²) in [6.07, 6.45) is 0.241. The predicted octanol–water partition coefficient (Wildman–Crippen LogP) is 0.574. The summed E-state index contributed by atoms with van der Waals surface area (Å²) in [6, 6.07) is 6.92. The van der Waals surface area contributed by atoms with Gasteiger partial charge in [0.15, 0.2) is 0 Å². The van der Waals surface area contributed by atoms with Crippen LogP contribution in [0.1, 0.15) is 40.0 Å². The zero-order valence-electron chi connectivity index (χ0n) is 15.9. The van der Waals surface area contributed by atoms with E-state index in [0.717, 1.165) is 4.90 Å². The van der Waals surface area contributed by atoms with Gasteiger partial charge in [0.2, 0.25) is 5.91 Å². The minimum absolute atomic E-state index is 0.0669. The molecule has 2 aliphatic rings. The molecule has 0 bridgehead atoms. The Morgan fingerprint density at radius 1 is 1.07 bits per heavy atom. The Hall–Kier alpha value is -3.25. The Morgan fingerprint density at radius 2 is 1.66 bits per heavy atom. The molecule has 3 rings (SSSR count). The van der Waals surface area contributed by atoms with Crippen LogP contribution in [-0.2, 0) is 9.59 Å². The van der Waals surface area contributed by atoms with Gasteiger partial charge in [-0.15, -0.1) is 0 Å². The second kappa shape index (κ2) is 8.84. The number of amides is 3. The second-order valence-electron chi connectivity index (χ2n) is 7.05. The van der Waals surface area contributed by atoms with E-state index >= 15 is 0 Å². The molecule has 9 heteroatoms. The number of carbonyl (C=O) groups is 4. The van der Waals surface area contributed by atoms with Gasteiger partial charge in [0.25, 0.3) is 11.8 Å². The van der Waals surface area contributed by atoms with Crippen LogP contribution in [0.2, 0.25) is 0 Å². The van der Waals surface area contributed by atoms with Crippen LogP contribution in [0.15, 0.2) is 24.3 Å². The van der Waals surface area contributed by atoms with Gasteiger partial charge < -0.3 is 10.0 Å². The molecular weight excluding hydrogens is 376 g/mol. The number of nitriles is 1. The molecule has 1 atom stereocenters. The molecule has 2 heterocycles. The van der Waals surface area contributed by atoms with Crippen LogP contribution in [0.3, 0.4) is 0 Å². The maximum absolute atomic E-state index is 12.5. The van der Waals surface area contributed by atoms with Gasteiger partial charge in [-0.25, -0.2) is 4.79 Å². The van der Waals surface area contributed by atoms with Gasteiger partial charge in [0, 0.05) is 45.6 Å². The largest absolute Gasteiger partial charge is 0.480 e. The summed E-state index contributed by atoms with van der Waals surface area (Å²) in [6.45, 7) is 3.01. The number of piperazine rings is 1. The molecule has 152 valence electrons. The molecule has 0 radical (unpaired) electrons. The van der Waals surface area contributed by atoms with Crippen molar-refractivity contribution in [3.05, 3.63) is 35.4 Å². The number of hydrogen-bond acceptors (Lipinski definition) is 6. The first-order chi connectivity index (χ1) is 13.9. The summed E-state index contributed by atoms with van der Waals surface area (Å²) in [5.74, 6) is -2.80. The summed E-state index contributed by atoms with van der Waals surface area (Å²) in [4.78, 5) is 53.9. The third kappa shape index (κ3) is 4.27. The number of aliphatic carboxylic acids is 1. The van der Waals surface area contributed by atoms with Crippen LogP contribution >= 0.6 is 0 Å². The maximum atomic E-state index is 12.5. The topological polar surface area (TPSA) is 122 Å². The Labute approximate surface area is 168 Å². The lowest BCUT2D eigenvalue weighted by molar-refractivity contribution is -0.142. The number of imide groups is 1. The Morgan fingerprint density at radius 3 is 2.17 bits per heavy atom. The summed E-state index contributed by atoms with van der Waals surface area (Å²) in [5, 5.41) is 18.2. The minimum atomic E-state index is -1.39. The highest BCUT2D eigenvalue weighted by molar-refractivity contribution is 6.22. The number of nitrogens with zero attached hydrogens (tertiary/aromatic N) is 4. The van der Waals surface area contributed by atoms with Crippen LogP contribution in [0.25, 0.3) is 0 Å². The van der Waals surface area contributed by atoms with Gasteiger partial charge in [0.1, 0.15) is 6.04 Å². The molecule has 0 unspecified atom stereocenters. The number of benzene rings is 1. The lowest BCUT2D eigenvalue weighted by atomic mass is 10.1. The van der Waals surface area contributed by atoms with Crippen molar-refractivity contribution in [3.8, 4) is 6.07 Å². The fraction of sp³-hybridized carbons (Fsp3) is 0.450. The molecule has 1 N–H and O–H groups in total. The molecule has 0 aliphatic carbocycles. The van der Waals surface area contributed by atoms with Gasteiger partial charge in [0.05, 0.1) is 17.2 Å². The van der Waals surface area contributed by atoms with Crippen molar-refractivity contribution < 1.29 is 24.3 Å². The zero-order valence-corrected chi connectivity index (χ0v) is 15.9. The normalized spacial score (nSPS) is 17.8. The number of fused-ring (bicyclic) bond motifs is 1. The first-order valence-corrected chi connectivity index (χ1v) is 9.51. The van der Waals surface area contributed by atoms with E-state index in [-0.39, 0.29) is 29.9 Å². The first-order valence-electron chi connectivity index (χ1n) is 9.51. The first kappa shape index (κ1) is 20.5. The average Bonchev–Trinajstić information content (AvgIpc) is 2.98. The molecule has 9 nitrogen and oxygen atoms in total. The van der Waals surface area contributed by atoms with Crippen molar-refractivity contribution in [2.75, 3.05) is 32.7 Å². The number of carboxylic acids is 1. The Kier molecular flexibility index (Phi) is 6.24. The van der Waals surface area contributed by atoms with Crippen LogP contribution in [0.4, 0.5) is 0 Å². The Bertz CT molecular complexity index is 835. The number of carbonyl (C=O) groups excluding carboxylic acids is 3. The fourth-order valence-electron chi connectivity index (χ4n) is 3.70. The third-order valence-electron chi connectivity index (χ3n) is 5.32. The van der Waals surface area contributed by atoms with E-state index in [9.17, 15) is 24.3 Å². The molecule has 0 spiro atoms. The maximum Gasteiger partial charge on any atom is 0.326 e. The SMILES string of the molecule is N#CCCN1CCN(C(=O)CC[C@@H](C(=O)O)N2C(=O)c3ccccc3C2=O)CC1. The van der Waals surface area contributed by atoms with Gasteiger partial charge in [-0.1, -0.05) is 12.1 Å². The van der Waals surface area contributed by atoms with Crippen molar-refractivity contribution in [3.63, 3.8) is 0 Å². The van der Waals surface area contributed by atoms with E-state index in [1.165, 1.54) is 12.1 Å². The van der Waals surface area contributed by atoms with Crippen LogP contribution in [-0.4, -0.2) is 82.3 Å². The van der Waals surface area contributed by atoms with Crippen LogP contribution in [0, 0.1) is 11.3 Å². The average molecular weight is 398 g/mol. The Balaban J connectivity index is 1.59. The highest BCUT2D eigenvalue weighted by atomic mass is 16.4. The van der Waals surface area contributed by atoms with Gasteiger partial charge in [-0.2, -0.15) is 5.26 Å². The summed E-state index contributed by atoms with van der Waals surface area (Å²) in [7, 11) is 0. The van der Waals surface area contributed by atoms with Gasteiger partial charge >= 0.3 is 5.97 Å². The predicted molar refractivity (Wildman–Crippen MR) is 101 cm³/mol. The molecule has 0 saturated carbocycles. The van der Waals surface area contributed by atoms with Crippen molar-refractivity contribution in [2.24, 2.45) is 0 Å². The quantitative estimate of drug-likeness (QED) is 0.667. The minimum Gasteiger partial charge on any atom is -0.480 e. The van der Waals surface area contributed by atoms with Gasteiger partial charge in [-0.3, -0.25) is 24.2 Å². The van der Waals surface area contributed by atoms with Crippen molar-refractivity contribution in [1.29, 1.82) is 5.26 Å². The molecule has 1 saturated heterocycles. The fourth-order valence-corrected chi connectivity index (χ4v) is 3.70. The summed E-state index contributed by atoms with van der Waals surface area (Å²) >= 11 is 0. The van der Waals surface area contributed by atoms with E-state index in [0.29, 0.717) is 39.1 Å². The van der Waals surface area contributed by atoms with E-state index in [2.05, 4.69) is 11.0 Å². The zero-order chi connectivity index (χ0) is 21.0. The molecule has 29 heavy (non-hydrogen) atoms. The molecule has 3 amide bonds. The number of hydrogen-bond donors (Lipinski definition) is 1. The van der Waals surface area contributed by atoms with E-state index in [1.54, 1.807) is 17.0 Å². The van der Waals surface area contributed by atoms with E-state index < -0.39 is 23.8 Å². The van der Waals surface area contributed by atoms with Crippen molar-refractivity contribution in [2.45, 2.75) is 25.3 Å². The van der Waals surface area contributed by atoms with Crippen molar-refractivity contribution in [1.82, 2.24) is 14.7 Å². The van der Waals surface area contributed by atoms with Gasteiger partial charge in [-0.05, 0) is 18.6 Å². The lowest BCUT2D eigenvalue weighted by Crippen LogP contribution is -2.49. The molecule has 1 fully saturated rings. The third-order valence-corrected chi connectivity index (χ3v) is 5.32. The standard InChI is InChI=1S/C20H22N4O5/c21-8-3-9-22-10-12-23(13-11-22)17(25)7-6-16(20(28)29)24-18(26)14-4-1-2-5-15(14)19(24)27/h1-2,4-5,16H,3,6-7,9-13H2,(H,28,29)/t16-/m0/s1. The summed E-state index contributed by atoms with van der Waals surface area (Å²) in [5.41, 5.74) is 0.368. The highest BCUT2D eigenvalue weighted by Crippen LogP contribution is 2.26. The lowest BCUT2D eigenvalue weighted by Gasteiger charge is -2.34. The van der Waals surface area contributed by atoms with Crippen LogP contribution < -0.4 is 0 Å². The second-order valence-corrected chi connectivity index (χ2v) is 7.05. The van der Waals surface area contributed by atoms with Crippen molar-refractivity contribution >= 4 is 23.7 Å². The molecule has 1 aromatic rings. The molecule has 2 aliphatic heterocycles. The molecule has 0 aromatic heterocycles. The summed E-state index contributed by atoms with van der Waals surface area (Å²) < 4.78 is 0. The number of rotatable bonds is 7. The monoisotopic (exact) mass is 398 g/mol. The van der Waals surface area contributed by atoms with E-state index in [1.807, 2.05) is 0 Å². The number of carboxylic acid groups (broad SMARTS) is 1.